The lowest BCUT2D eigenvalue weighted by atomic mass is 9.82. The zero-order chi connectivity index (χ0) is 11.6. The maximum absolute atomic E-state index is 6.35. The highest BCUT2D eigenvalue weighted by Gasteiger charge is 2.42. The fourth-order valence-electron chi connectivity index (χ4n) is 2.84. The predicted molar refractivity (Wildman–Crippen MR) is 67.4 cm³/mol. The van der Waals surface area contributed by atoms with Crippen molar-refractivity contribution in [3.63, 3.8) is 0 Å². The molecule has 1 aliphatic carbocycles. The van der Waals surface area contributed by atoms with Crippen molar-refractivity contribution >= 4 is 0 Å². The van der Waals surface area contributed by atoms with Crippen LogP contribution in [0.25, 0.3) is 0 Å². The highest BCUT2D eigenvalue weighted by molar-refractivity contribution is 4.92. The number of rotatable bonds is 0. The Morgan fingerprint density at radius 1 is 1.00 bits per heavy atom. The number of hydrogen-bond acceptors (Lipinski definition) is 2. The summed E-state index contributed by atoms with van der Waals surface area (Å²) < 4.78 is 6.35. The molecule has 0 aromatic carbocycles. The van der Waals surface area contributed by atoms with Crippen molar-refractivity contribution in [2.75, 3.05) is 6.54 Å². The minimum Gasteiger partial charge on any atom is -0.357 e. The summed E-state index contributed by atoms with van der Waals surface area (Å²) in [5.41, 5.74) is 0.281. The third kappa shape index (κ3) is 2.60. The summed E-state index contributed by atoms with van der Waals surface area (Å²) >= 11 is 0. The lowest BCUT2D eigenvalue weighted by Gasteiger charge is -2.49. The zero-order valence-electron chi connectivity index (χ0n) is 11.1. The van der Waals surface area contributed by atoms with Gasteiger partial charge in [0.05, 0.1) is 6.10 Å². The van der Waals surface area contributed by atoms with Gasteiger partial charge in [0.25, 0.3) is 0 Å². The summed E-state index contributed by atoms with van der Waals surface area (Å²) in [4.78, 5) is 0. The molecule has 0 aromatic rings. The van der Waals surface area contributed by atoms with E-state index in [1.807, 2.05) is 0 Å². The monoisotopic (exact) mass is 225 g/mol. The van der Waals surface area contributed by atoms with Crippen molar-refractivity contribution in [2.24, 2.45) is 5.41 Å². The molecule has 1 atom stereocenters. The van der Waals surface area contributed by atoms with Crippen molar-refractivity contribution in [3.05, 3.63) is 0 Å². The van der Waals surface area contributed by atoms with Crippen LogP contribution in [0, 0.1) is 5.41 Å². The van der Waals surface area contributed by atoms with Crippen LogP contribution in [-0.2, 0) is 4.74 Å². The Labute approximate surface area is 100 Å². The van der Waals surface area contributed by atoms with Crippen LogP contribution in [0.3, 0.4) is 0 Å². The van der Waals surface area contributed by atoms with Crippen molar-refractivity contribution in [1.29, 1.82) is 0 Å². The quantitative estimate of drug-likeness (QED) is 0.681. The first-order chi connectivity index (χ1) is 7.54. The van der Waals surface area contributed by atoms with E-state index >= 15 is 0 Å². The minimum atomic E-state index is 0.00928. The fourth-order valence-corrected chi connectivity index (χ4v) is 2.84. The first kappa shape index (κ1) is 12.4. The molecule has 2 rings (SSSR count). The van der Waals surface area contributed by atoms with E-state index in [2.05, 4.69) is 26.1 Å². The molecule has 2 fully saturated rings. The minimum absolute atomic E-state index is 0.00928. The van der Waals surface area contributed by atoms with Gasteiger partial charge < -0.3 is 4.74 Å². The van der Waals surface area contributed by atoms with Crippen LogP contribution in [0.2, 0.25) is 0 Å². The van der Waals surface area contributed by atoms with Gasteiger partial charge in [0.1, 0.15) is 5.72 Å². The van der Waals surface area contributed by atoms with Crippen LogP contribution >= 0.6 is 0 Å². The Hall–Kier alpha value is -0.0800. The molecule has 0 amide bonds. The smallest absolute Gasteiger partial charge is 0.119 e. The summed E-state index contributed by atoms with van der Waals surface area (Å²) in [6.07, 6.45) is 9.58. The second kappa shape index (κ2) is 4.66. The lowest BCUT2D eigenvalue weighted by molar-refractivity contribution is -0.190. The number of ether oxygens (including phenoxy) is 1. The van der Waals surface area contributed by atoms with E-state index < -0.39 is 0 Å². The Kier molecular flexibility index (Phi) is 3.60. The molecule has 1 aliphatic heterocycles. The second-order valence-corrected chi connectivity index (χ2v) is 6.36. The Balaban J connectivity index is 2.01. The molecular weight excluding hydrogens is 198 g/mol. The van der Waals surface area contributed by atoms with Gasteiger partial charge in [-0.15, -0.1) is 0 Å². The van der Waals surface area contributed by atoms with Gasteiger partial charge in [0, 0.05) is 12.0 Å². The molecule has 1 heterocycles. The average molecular weight is 225 g/mol. The summed E-state index contributed by atoms with van der Waals surface area (Å²) in [7, 11) is 0. The number of hydrogen-bond donors (Lipinski definition) is 1. The average Bonchev–Trinajstić information content (AvgIpc) is 2.19. The van der Waals surface area contributed by atoms with Crippen LogP contribution in [0.1, 0.15) is 65.7 Å². The topological polar surface area (TPSA) is 21.3 Å². The van der Waals surface area contributed by atoms with Gasteiger partial charge in [-0.1, -0.05) is 33.1 Å². The van der Waals surface area contributed by atoms with Crippen LogP contribution in [0.5, 0.6) is 0 Å². The highest BCUT2D eigenvalue weighted by Crippen LogP contribution is 2.37. The van der Waals surface area contributed by atoms with Crippen LogP contribution < -0.4 is 5.32 Å². The molecule has 2 heteroatoms. The van der Waals surface area contributed by atoms with E-state index in [4.69, 9.17) is 4.74 Å². The molecule has 1 unspecified atom stereocenters. The van der Waals surface area contributed by atoms with E-state index in [0.29, 0.717) is 6.10 Å². The van der Waals surface area contributed by atoms with Gasteiger partial charge in [-0.3, -0.25) is 5.32 Å². The van der Waals surface area contributed by atoms with Gasteiger partial charge in [0.15, 0.2) is 0 Å². The van der Waals surface area contributed by atoms with Gasteiger partial charge >= 0.3 is 0 Å². The van der Waals surface area contributed by atoms with E-state index in [9.17, 15) is 0 Å². The molecule has 94 valence electrons. The first-order valence-corrected chi connectivity index (χ1v) is 6.97. The van der Waals surface area contributed by atoms with Gasteiger partial charge in [-0.05, 0) is 32.6 Å². The maximum Gasteiger partial charge on any atom is 0.119 e. The highest BCUT2D eigenvalue weighted by atomic mass is 16.5. The SMILES string of the molecule is CC1OC2(CCCCCCC2)NCC1(C)C. The standard InChI is InChI=1S/C14H27NO/c1-12-13(2,3)11-15-14(16-12)9-7-5-4-6-8-10-14/h12,15H,4-11H2,1-3H3. The summed E-state index contributed by atoms with van der Waals surface area (Å²) in [5, 5.41) is 3.70. The van der Waals surface area contributed by atoms with Crippen molar-refractivity contribution in [3.8, 4) is 0 Å². The van der Waals surface area contributed by atoms with E-state index in [1.165, 1.54) is 44.9 Å². The lowest BCUT2D eigenvalue weighted by Crippen LogP contribution is -2.60. The Morgan fingerprint density at radius 3 is 2.12 bits per heavy atom. The largest absolute Gasteiger partial charge is 0.357 e. The molecule has 1 saturated carbocycles. The summed E-state index contributed by atoms with van der Waals surface area (Å²) in [6, 6.07) is 0. The predicted octanol–water partition coefficient (Wildman–Crippen LogP) is 3.46. The van der Waals surface area contributed by atoms with Gasteiger partial charge in [-0.25, -0.2) is 0 Å². The molecule has 1 N–H and O–H groups in total. The summed E-state index contributed by atoms with van der Waals surface area (Å²) in [6.45, 7) is 7.91. The Morgan fingerprint density at radius 2 is 1.56 bits per heavy atom. The molecule has 0 aromatic heterocycles. The molecular formula is C14H27NO. The van der Waals surface area contributed by atoms with E-state index in [-0.39, 0.29) is 11.1 Å². The van der Waals surface area contributed by atoms with E-state index in [0.717, 1.165) is 6.54 Å². The molecule has 2 nitrogen and oxygen atoms in total. The van der Waals surface area contributed by atoms with Gasteiger partial charge in [-0.2, -0.15) is 0 Å². The first-order valence-electron chi connectivity index (χ1n) is 6.97. The van der Waals surface area contributed by atoms with Crippen molar-refractivity contribution in [2.45, 2.75) is 77.5 Å². The normalized spacial score (nSPS) is 34.3. The third-order valence-corrected chi connectivity index (χ3v) is 4.53. The third-order valence-electron chi connectivity index (χ3n) is 4.53. The molecule has 0 radical (unpaired) electrons. The Bertz CT molecular complexity index is 229. The van der Waals surface area contributed by atoms with E-state index in [1.54, 1.807) is 0 Å². The fraction of sp³-hybridized carbons (Fsp3) is 1.00. The zero-order valence-corrected chi connectivity index (χ0v) is 11.1. The molecule has 1 spiro atoms. The van der Waals surface area contributed by atoms with Crippen LogP contribution in [-0.4, -0.2) is 18.4 Å². The number of nitrogens with one attached hydrogen (secondary N) is 1. The molecule has 16 heavy (non-hydrogen) atoms. The second-order valence-electron chi connectivity index (χ2n) is 6.36. The van der Waals surface area contributed by atoms with Crippen molar-refractivity contribution in [1.82, 2.24) is 5.32 Å². The summed E-state index contributed by atoms with van der Waals surface area (Å²) in [5.74, 6) is 0. The molecule has 1 saturated heterocycles. The maximum atomic E-state index is 6.35. The molecule has 2 aliphatic rings. The van der Waals surface area contributed by atoms with Gasteiger partial charge in [0.2, 0.25) is 0 Å². The molecule has 0 bridgehead atoms. The van der Waals surface area contributed by atoms with Crippen LogP contribution in [0.15, 0.2) is 0 Å². The van der Waals surface area contributed by atoms with Crippen molar-refractivity contribution < 1.29 is 4.74 Å². The van der Waals surface area contributed by atoms with Crippen LogP contribution in [0.4, 0.5) is 0 Å².